The van der Waals surface area contributed by atoms with Crippen LogP contribution in [0.4, 0.5) is 8.78 Å². The highest BCUT2D eigenvalue weighted by Gasteiger charge is 2.63. The van der Waals surface area contributed by atoms with E-state index in [4.69, 9.17) is 15.6 Å². The maximum atomic E-state index is 14.0. The maximum Gasteiger partial charge on any atom is 0.384 e. The van der Waals surface area contributed by atoms with Crippen molar-refractivity contribution < 1.29 is 33.3 Å². The van der Waals surface area contributed by atoms with Gasteiger partial charge in [-0.25, -0.2) is 4.79 Å². The lowest BCUT2D eigenvalue weighted by Gasteiger charge is -2.35. The Balaban J connectivity index is 2.28. The lowest BCUT2D eigenvalue weighted by atomic mass is 9.85. The third-order valence-corrected chi connectivity index (χ3v) is 4.09. The fraction of sp³-hybridized carbons (Fsp3) is 0.263. The van der Waals surface area contributed by atoms with Crippen LogP contribution in [0, 0.1) is 5.92 Å². The van der Waals surface area contributed by atoms with Crippen LogP contribution in [0.5, 0.6) is 0 Å². The van der Waals surface area contributed by atoms with Gasteiger partial charge < -0.3 is 14.9 Å². The second-order valence-electron chi connectivity index (χ2n) is 6.04. The quantitative estimate of drug-likeness (QED) is 0.478. The summed E-state index contributed by atoms with van der Waals surface area (Å²) in [6.45, 7) is -0.236. The van der Waals surface area contributed by atoms with E-state index in [-0.39, 0.29) is 6.61 Å². The number of esters is 1. The number of benzene rings is 2. The molecule has 2 aromatic carbocycles. The summed E-state index contributed by atoms with van der Waals surface area (Å²) in [5.41, 5.74) is 2.63. The third-order valence-electron chi connectivity index (χ3n) is 4.09. The molecule has 27 heavy (non-hydrogen) atoms. The normalized spacial score (nSPS) is 14.8. The first-order valence-electron chi connectivity index (χ1n) is 8.03. The van der Waals surface area contributed by atoms with Gasteiger partial charge in [0, 0.05) is 0 Å². The van der Waals surface area contributed by atoms with Crippen molar-refractivity contribution in [1.29, 1.82) is 0 Å². The van der Waals surface area contributed by atoms with Crippen molar-refractivity contribution >= 4 is 11.9 Å². The van der Waals surface area contributed by atoms with Crippen LogP contribution in [-0.2, 0) is 27.4 Å². The lowest BCUT2D eigenvalue weighted by Crippen LogP contribution is -2.66. The molecule has 4 N–H and O–H groups in total. The minimum absolute atomic E-state index is 0.236. The Morgan fingerprint density at radius 1 is 1.00 bits per heavy atom. The van der Waals surface area contributed by atoms with Gasteiger partial charge in [-0.3, -0.25) is 10.5 Å². The predicted octanol–water partition coefficient (Wildman–Crippen LogP) is 1.96. The van der Waals surface area contributed by atoms with Crippen molar-refractivity contribution in [3.8, 4) is 0 Å². The number of carboxylic acids is 1. The summed E-state index contributed by atoms with van der Waals surface area (Å²) >= 11 is 0. The van der Waals surface area contributed by atoms with Crippen molar-refractivity contribution in [3.05, 3.63) is 71.8 Å². The van der Waals surface area contributed by atoms with E-state index in [1.165, 1.54) is 12.1 Å². The molecule has 0 aliphatic heterocycles. The largest absolute Gasteiger partial charge is 0.477 e. The lowest BCUT2D eigenvalue weighted by molar-refractivity contribution is -0.225. The van der Waals surface area contributed by atoms with Crippen LogP contribution >= 0.6 is 0 Å². The minimum atomic E-state index is -4.77. The Morgan fingerprint density at radius 2 is 1.48 bits per heavy atom. The number of aliphatic carboxylic acids is 1. The van der Waals surface area contributed by atoms with Crippen molar-refractivity contribution in [1.82, 2.24) is 0 Å². The molecular weight excluding hydrogens is 360 g/mol. The zero-order chi connectivity index (χ0) is 20.1. The van der Waals surface area contributed by atoms with E-state index in [0.717, 1.165) is 0 Å². The van der Waals surface area contributed by atoms with Gasteiger partial charge in [0.25, 0.3) is 0 Å². The maximum absolute atomic E-state index is 14.0. The fourth-order valence-corrected chi connectivity index (χ4v) is 2.49. The van der Waals surface area contributed by atoms with E-state index in [0.29, 0.717) is 11.1 Å². The summed E-state index contributed by atoms with van der Waals surface area (Å²) in [6.07, 6.45) is -0.426. The Bertz CT molecular complexity index is 781. The van der Waals surface area contributed by atoms with Crippen molar-refractivity contribution in [2.75, 3.05) is 0 Å². The van der Waals surface area contributed by atoms with Crippen LogP contribution in [0.3, 0.4) is 0 Å². The second-order valence-corrected chi connectivity index (χ2v) is 6.04. The SMILES string of the molecule is NC(O)(C(Cc1ccccc1)C(=O)OCc1ccccc1)C(F)(F)C(=O)O. The minimum Gasteiger partial charge on any atom is -0.477 e. The van der Waals surface area contributed by atoms with Gasteiger partial charge in [-0.15, -0.1) is 0 Å². The molecule has 0 amide bonds. The molecule has 0 aromatic heterocycles. The number of carboxylic acid groups (broad SMARTS) is 1. The van der Waals surface area contributed by atoms with Crippen molar-refractivity contribution in [2.45, 2.75) is 24.7 Å². The number of hydrogen-bond donors (Lipinski definition) is 3. The van der Waals surface area contributed by atoms with E-state index >= 15 is 0 Å². The van der Waals surface area contributed by atoms with Crippen LogP contribution in [0.1, 0.15) is 11.1 Å². The number of halogens is 2. The van der Waals surface area contributed by atoms with Gasteiger partial charge >= 0.3 is 17.9 Å². The number of carbonyl (C=O) groups is 2. The smallest absolute Gasteiger partial charge is 0.384 e. The molecule has 6 nitrogen and oxygen atoms in total. The zero-order valence-electron chi connectivity index (χ0n) is 14.2. The molecule has 0 saturated carbocycles. The van der Waals surface area contributed by atoms with Crippen LogP contribution in [0.2, 0.25) is 0 Å². The molecule has 2 aromatic rings. The summed E-state index contributed by atoms with van der Waals surface area (Å²) in [5, 5.41) is 18.9. The molecule has 2 atom stereocenters. The Kier molecular flexibility index (Phi) is 6.24. The number of rotatable bonds is 8. The first-order valence-corrected chi connectivity index (χ1v) is 8.03. The monoisotopic (exact) mass is 379 g/mol. The number of aliphatic hydroxyl groups is 1. The Labute approximate surface area is 154 Å². The molecule has 144 valence electrons. The topological polar surface area (TPSA) is 110 Å². The molecule has 0 bridgehead atoms. The number of carbonyl (C=O) groups excluding carboxylic acids is 1. The molecule has 0 saturated heterocycles. The van der Waals surface area contributed by atoms with Gasteiger partial charge in [0.2, 0.25) is 5.72 Å². The summed E-state index contributed by atoms with van der Waals surface area (Å²) in [4.78, 5) is 23.3. The van der Waals surface area contributed by atoms with Crippen molar-refractivity contribution in [2.24, 2.45) is 11.7 Å². The van der Waals surface area contributed by atoms with Crippen LogP contribution in [0.15, 0.2) is 60.7 Å². The van der Waals surface area contributed by atoms with Gasteiger partial charge in [-0.2, -0.15) is 8.78 Å². The van der Waals surface area contributed by atoms with E-state index in [2.05, 4.69) is 0 Å². The highest BCUT2D eigenvalue weighted by molar-refractivity contribution is 5.81. The van der Waals surface area contributed by atoms with E-state index in [1.54, 1.807) is 48.5 Å². The fourth-order valence-electron chi connectivity index (χ4n) is 2.49. The molecule has 0 fully saturated rings. The van der Waals surface area contributed by atoms with Crippen molar-refractivity contribution in [3.63, 3.8) is 0 Å². The van der Waals surface area contributed by atoms with E-state index in [1.807, 2.05) is 0 Å². The summed E-state index contributed by atoms with van der Waals surface area (Å²) < 4.78 is 33.1. The summed E-state index contributed by atoms with van der Waals surface area (Å²) in [6, 6.07) is 16.4. The number of alkyl halides is 2. The number of ether oxygens (including phenoxy) is 1. The Morgan fingerprint density at radius 3 is 1.96 bits per heavy atom. The Hall–Kier alpha value is -2.84. The van der Waals surface area contributed by atoms with Gasteiger partial charge in [-0.05, 0) is 17.5 Å². The highest BCUT2D eigenvalue weighted by Crippen LogP contribution is 2.34. The van der Waals surface area contributed by atoms with Gasteiger partial charge in [0.15, 0.2) is 0 Å². The molecule has 0 aliphatic carbocycles. The molecule has 0 aliphatic rings. The second kappa shape index (κ2) is 8.24. The van der Waals surface area contributed by atoms with E-state index < -0.39 is 35.9 Å². The van der Waals surface area contributed by atoms with Crippen LogP contribution in [-0.4, -0.2) is 33.8 Å². The molecule has 8 heteroatoms. The molecular formula is C19H19F2NO5. The first-order chi connectivity index (χ1) is 12.7. The third kappa shape index (κ3) is 4.66. The number of nitrogens with two attached hydrogens (primary N) is 1. The number of hydrogen-bond acceptors (Lipinski definition) is 5. The average Bonchev–Trinajstić information content (AvgIpc) is 2.65. The molecule has 0 spiro atoms. The first kappa shape index (κ1) is 20.5. The van der Waals surface area contributed by atoms with Gasteiger partial charge in [0.05, 0.1) is 0 Å². The summed E-state index contributed by atoms with van der Waals surface area (Å²) in [7, 11) is 0. The average molecular weight is 379 g/mol. The zero-order valence-corrected chi connectivity index (χ0v) is 14.2. The molecule has 2 rings (SSSR count). The highest BCUT2D eigenvalue weighted by atomic mass is 19.3. The standard InChI is InChI=1S/C19H19F2NO5/c20-18(21,17(24)25)19(22,26)15(11-13-7-3-1-4-8-13)16(23)27-12-14-9-5-2-6-10-14/h1-10,15,26H,11-12,22H2,(H,24,25). The van der Waals surface area contributed by atoms with Crippen LogP contribution in [0.25, 0.3) is 0 Å². The van der Waals surface area contributed by atoms with Crippen LogP contribution < -0.4 is 5.73 Å². The van der Waals surface area contributed by atoms with E-state index in [9.17, 15) is 23.5 Å². The van der Waals surface area contributed by atoms with Gasteiger partial charge in [0.1, 0.15) is 12.5 Å². The molecule has 0 radical (unpaired) electrons. The summed E-state index contributed by atoms with van der Waals surface area (Å²) in [5.74, 6) is -10.6. The van der Waals surface area contributed by atoms with Gasteiger partial charge in [-0.1, -0.05) is 60.7 Å². The molecule has 0 heterocycles. The predicted molar refractivity (Wildman–Crippen MR) is 91.6 cm³/mol. The molecule has 2 unspecified atom stereocenters.